The molecular formula is C26H35F2N4O8P. The number of carbonyl (C=O) groups is 2. The molecule has 0 bridgehead atoms. The van der Waals surface area contributed by atoms with E-state index in [0.29, 0.717) is 19.1 Å². The van der Waals surface area contributed by atoms with Gasteiger partial charge in [0.05, 0.1) is 32.6 Å². The van der Waals surface area contributed by atoms with Crippen LogP contribution >= 0.6 is 7.60 Å². The number of pyridine rings is 1. The van der Waals surface area contributed by atoms with Crippen LogP contribution in [0.15, 0.2) is 29.2 Å². The minimum Gasteiger partial charge on any atom is -0.503 e. The van der Waals surface area contributed by atoms with Gasteiger partial charge in [-0.15, -0.1) is 0 Å². The van der Waals surface area contributed by atoms with Crippen LogP contribution in [0.25, 0.3) is 0 Å². The fraction of sp³-hybridized carbons (Fsp3) is 0.500. The molecule has 1 aromatic heterocycles. The Morgan fingerprint density at radius 2 is 1.95 bits per heavy atom. The van der Waals surface area contributed by atoms with Gasteiger partial charge < -0.3 is 24.2 Å². The Morgan fingerprint density at radius 1 is 1.27 bits per heavy atom. The third kappa shape index (κ3) is 7.02. The molecule has 12 nitrogen and oxygen atoms in total. The summed E-state index contributed by atoms with van der Waals surface area (Å²) in [6.07, 6.45) is 1.85. The van der Waals surface area contributed by atoms with Crippen molar-refractivity contribution in [2.45, 2.75) is 32.5 Å². The third-order valence-corrected chi connectivity index (χ3v) is 9.04. The first-order valence-electron chi connectivity index (χ1n) is 13.0. The maximum atomic E-state index is 14.0. The average Bonchev–Trinajstić information content (AvgIpc) is 3.44. The van der Waals surface area contributed by atoms with Gasteiger partial charge in [-0.05, 0) is 27.0 Å². The molecule has 0 aliphatic carbocycles. The van der Waals surface area contributed by atoms with Crippen molar-refractivity contribution in [2.75, 3.05) is 58.2 Å². The molecule has 15 heteroatoms. The van der Waals surface area contributed by atoms with Gasteiger partial charge in [-0.1, -0.05) is 6.07 Å². The highest BCUT2D eigenvalue weighted by atomic mass is 31.2. The monoisotopic (exact) mass is 600 g/mol. The summed E-state index contributed by atoms with van der Waals surface area (Å²) in [7, 11) is -0.0445. The van der Waals surface area contributed by atoms with Crippen LogP contribution in [-0.2, 0) is 24.9 Å². The van der Waals surface area contributed by atoms with Gasteiger partial charge in [-0.2, -0.15) is 0 Å². The highest BCUT2D eigenvalue weighted by molar-refractivity contribution is 7.53. The molecule has 2 N–H and O–H groups in total. The van der Waals surface area contributed by atoms with Crippen molar-refractivity contribution in [1.29, 1.82) is 0 Å². The molecule has 0 spiro atoms. The predicted octanol–water partition coefficient (Wildman–Crippen LogP) is 2.46. The third-order valence-electron chi connectivity index (χ3n) is 6.99. The quantitative estimate of drug-likeness (QED) is 0.189. The smallest absolute Gasteiger partial charge is 0.331 e. The summed E-state index contributed by atoms with van der Waals surface area (Å²) < 4.78 is 58.0. The fourth-order valence-electron chi connectivity index (χ4n) is 4.65. The van der Waals surface area contributed by atoms with Gasteiger partial charge in [0.2, 0.25) is 5.43 Å². The molecule has 1 aliphatic heterocycles. The molecule has 1 amide bonds. The summed E-state index contributed by atoms with van der Waals surface area (Å²) in [5.74, 6) is -3.58. The molecule has 1 fully saturated rings. The first-order chi connectivity index (χ1) is 19.4. The number of aromatic hydroxyl groups is 1. The van der Waals surface area contributed by atoms with E-state index in [1.165, 1.54) is 4.68 Å². The first-order valence-corrected chi connectivity index (χ1v) is 14.7. The Morgan fingerprint density at radius 3 is 2.51 bits per heavy atom. The van der Waals surface area contributed by atoms with Crippen LogP contribution < -0.4 is 15.8 Å². The number of aldehydes is 1. The summed E-state index contributed by atoms with van der Waals surface area (Å²) in [5.41, 5.74) is -3.02. The number of nitrogens with zero attached hydrogens (tertiary/aromatic N) is 3. The Bertz CT molecular complexity index is 1360. The van der Waals surface area contributed by atoms with Crippen LogP contribution in [0, 0.1) is 11.6 Å². The highest BCUT2D eigenvalue weighted by Crippen LogP contribution is 2.48. The lowest BCUT2D eigenvalue weighted by atomic mass is 10.1. The second-order valence-electron chi connectivity index (χ2n) is 9.39. The number of halogens is 2. The molecule has 41 heavy (non-hydrogen) atoms. The molecule has 2 aromatic rings. The number of ether oxygens (including phenoxy) is 1. The van der Waals surface area contributed by atoms with Crippen molar-refractivity contribution in [3.8, 4) is 5.75 Å². The van der Waals surface area contributed by atoms with E-state index in [4.69, 9.17) is 13.8 Å². The van der Waals surface area contributed by atoms with E-state index in [1.54, 1.807) is 33.0 Å². The SMILES string of the molecule is CCOP(=O)(CCN(C)C1(N(C)n2cc(C(=O)NCc3ccc(F)cc3F)c(=O)c(O)c2C=O)CCOC1)OCC. The van der Waals surface area contributed by atoms with Gasteiger partial charge in [-0.25, -0.2) is 8.78 Å². The summed E-state index contributed by atoms with van der Waals surface area (Å²) in [5, 5.41) is 14.6. The summed E-state index contributed by atoms with van der Waals surface area (Å²) >= 11 is 0. The van der Waals surface area contributed by atoms with Gasteiger partial charge in [0, 0.05) is 44.4 Å². The van der Waals surface area contributed by atoms with E-state index in [9.17, 15) is 32.8 Å². The number of rotatable bonds is 14. The van der Waals surface area contributed by atoms with E-state index in [-0.39, 0.29) is 50.9 Å². The van der Waals surface area contributed by atoms with Gasteiger partial charge >= 0.3 is 7.60 Å². The molecule has 1 atom stereocenters. The zero-order valence-corrected chi connectivity index (χ0v) is 24.3. The van der Waals surface area contributed by atoms with Crippen molar-refractivity contribution >= 4 is 19.8 Å². The van der Waals surface area contributed by atoms with Crippen molar-refractivity contribution in [3.63, 3.8) is 0 Å². The largest absolute Gasteiger partial charge is 0.503 e. The summed E-state index contributed by atoms with van der Waals surface area (Å²) in [4.78, 5) is 39.7. The molecule has 0 radical (unpaired) electrons. The van der Waals surface area contributed by atoms with Crippen LogP contribution in [0.1, 0.15) is 46.7 Å². The molecule has 1 unspecified atom stereocenters. The second kappa shape index (κ2) is 13.7. The average molecular weight is 601 g/mol. The lowest BCUT2D eigenvalue weighted by Gasteiger charge is -2.46. The Kier molecular flexibility index (Phi) is 10.8. The van der Waals surface area contributed by atoms with Gasteiger partial charge in [0.25, 0.3) is 5.91 Å². The number of hydrogen-bond donors (Lipinski definition) is 2. The topological polar surface area (TPSA) is 140 Å². The van der Waals surface area contributed by atoms with E-state index >= 15 is 0 Å². The summed E-state index contributed by atoms with van der Waals surface area (Å²) in [6, 6.07) is 2.84. The second-order valence-corrected chi connectivity index (χ2v) is 11.6. The lowest BCUT2D eigenvalue weighted by Crippen LogP contribution is -2.63. The minimum absolute atomic E-state index is 0.0222. The Hall–Kier alpha value is -3.16. The normalized spacial score (nSPS) is 17.1. The predicted molar refractivity (Wildman–Crippen MR) is 146 cm³/mol. The first kappa shape index (κ1) is 32.4. The van der Waals surface area contributed by atoms with Crippen LogP contribution in [0.3, 0.4) is 0 Å². The van der Waals surface area contributed by atoms with Crippen LogP contribution in [0.5, 0.6) is 5.75 Å². The maximum absolute atomic E-state index is 14.0. The Balaban J connectivity index is 1.94. The molecule has 1 saturated heterocycles. The van der Waals surface area contributed by atoms with Crippen LogP contribution in [-0.4, -0.2) is 85.8 Å². The molecule has 1 aromatic carbocycles. The Labute approximate surface area is 236 Å². The van der Waals surface area contributed by atoms with E-state index in [1.807, 2.05) is 4.90 Å². The van der Waals surface area contributed by atoms with Crippen molar-refractivity contribution in [1.82, 2.24) is 14.9 Å². The van der Waals surface area contributed by atoms with Crippen LogP contribution in [0.2, 0.25) is 0 Å². The van der Waals surface area contributed by atoms with Gasteiger partial charge in [0.1, 0.15) is 28.6 Å². The number of nitrogens with one attached hydrogen (secondary N) is 1. The van der Waals surface area contributed by atoms with Crippen molar-refractivity contribution < 1.29 is 41.8 Å². The van der Waals surface area contributed by atoms with Crippen molar-refractivity contribution in [2.24, 2.45) is 0 Å². The number of carbonyl (C=O) groups excluding carboxylic acids is 2. The number of amides is 1. The standard InChI is InChI=1S/C26H35F2N4O8P/c1-5-39-41(37,40-6-2)12-10-30(3)26(9-11-38-17-26)31(4)32-15-20(23(34)24(35)22(32)16-33)25(36)29-14-18-7-8-19(27)13-21(18)28/h7-8,13,15-16,35H,5-6,9-12,14,17H2,1-4H3,(H,29,36). The van der Waals surface area contributed by atoms with E-state index < -0.39 is 53.2 Å². The summed E-state index contributed by atoms with van der Waals surface area (Å²) in [6.45, 7) is 4.15. The zero-order chi connectivity index (χ0) is 30.4. The van der Waals surface area contributed by atoms with Crippen LogP contribution in [0.4, 0.5) is 8.78 Å². The highest BCUT2D eigenvalue weighted by Gasteiger charge is 2.45. The minimum atomic E-state index is -3.38. The number of aromatic nitrogens is 1. The number of likely N-dealkylation sites (N-methyl/N-ethyl adjacent to an activating group) is 2. The lowest BCUT2D eigenvalue weighted by molar-refractivity contribution is 0.0718. The van der Waals surface area contributed by atoms with E-state index in [2.05, 4.69) is 5.32 Å². The molecule has 3 rings (SSSR count). The zero-order valence-electron chi connectivity index (χ0n) is 23.4. The number of hydrogen-bond acceptors (Lipinski definition) is 10. The molecule has 1 aliphatic rings. The van der Waals surface area contributed by atoms with Gasteiger partial charge in [0.15, 0.2) is 12.0 Å². The molecule has 0 saturated carbocycles. The van der Waals surface area contributed by atoms with Crippen molar-refractivity contribution in [3.05, 3.63) is 63.1 Å². The van der Waals surface area contributed by atoms with E-state index in [0.717, 1.165) is 18.3 Å². The molecule has 226 valence electrons. The fourth-order valence-corrected chi connectivity index (χ4v) is 6.31. The molecule has 2 heterocycles. The van der Waals surface area contributed by atoms with Gasteiger partial charge in [-0.3, -0.25) is 33.5 Å². The maximum Gasteiger partial charge on any atom is 0.331 e. The number of benzene rings is 1. The molecular weight excluding hydrogens is 565 g/mol.